The lowest BCUT2D eigenvalue weighted by molar-refractivity contribution is 0.0344. The Morgan fingerprint density at radius 3 is 2.50 bits per heavy atom. The number of aromatic nitrogens is 2. The Morgan fingerprint density at radius 1 is 1.27 bits per heavy atom. The van der Waals surface area contributed by atoms with Gasteiger partial charge in [-0.3, -0.25) is 9.20 Å². The van der Waals surface area contributed by atoms with Crippen LogP contribution in [-0.4, -0.2) is 35.5 Å². The molecule has 0 radical (unpaired) electrons. The van der Waals surface area contributed by atoms with E-state index in [9.17, 15) is 13.6 Å². The fraction of sp³-hybridized carbons (Fsp3) is 0.333. The maximum Gasteiger partial charge on any atom is 0.497 e. The van der Waals surface area contributed by atoms with Crippen molar-refractivity contribution in [2.24, 2.45) is 5.41 Å². The summed E-state index contributed by atoms with van der Waals surface area (Å²) in [6.07, 6.45) is 2.15. The second kappa shape index (κ2) is 7.48. The van der Waals surface area contributed by atoms with Crippen LogP contribution < -0.4 is 11.2 Å². The van der Waals surface area contributed by atoms with Gasteiger partial charge >= 0.3 is 7.12 Å². The Kier molecular flexibility index (Phi) is 5.11. The zero-order valence-corrected chi connectivity index (χ0v) is 17.0. The molecule has 6 nitrogen and oxygen atoms in total. The van der Waals surface area contributed by atoms with Crippen LogP contribution in [0.4, 0.5) is 14.5 Å². The first kappa shape index (κ1) is 20.5. The van der Waals surface area contributed by atoms with E-state index in [-0.39, 0.29) is 16.7 Å². The number of rotatable bonds is 4. The predicted molar refractivity (Wildman–Crippen MR) is 110 cm³/mol. The van der Waals surface area contributed by atoms with Gasteiger partial charge in [0.05, 0.1) is 5.69 Å². The number of carbonyl (C=O) groups is 1. The van der Waals surface area contributed by atoms with Crippen molar-refractivity contribution >= 4 is 29.7 Å². The van der Waals surface area contributed by atoms with E-state index < -0.39 is 30.2 Å². The molecule has 2 N–H and O–H groups in total. The molecule has 1 saturated heterocycles. The highest BCUT2D eigenvalue weighted by molar-refractivity contribution is 6.63. The molecule has 0 saturated carbocycles. The third-order valence-electron chi connectivity index (χ3n) is 5.15. The second-order valence-electron chi connectivity index (χ2n) is 8.22. The largest absolute Gasteiger partial charge is 0.497 e. The van der Waals surface area contributed by atoms with E-state index in [2.05, 4.69) is 18.8 Å². The zero-order chi connectivity index (χ0) is 21.6. The van der Waals surface area contributed by atoms with Gasteiger partial charge in [-0.15, -0.1) is 0 Å². The van der Waals surface area contributed by atoms with Gasteiger partial charge < -0.3 is 15.0 Å². The van der Waals surface area contributed by atoms with E-state index in [1.165, 1.54) is 0 Å². The van der Waals surface area contributed by atoms with Crippen molar-refractivity contribution in [3.05, 3.63) is 59.0 Å². The molecule has 2 aromatic heterocycles. The predicted octanol–water partition coefficient (Wildman–Crippen LogP) is 2.76. The number of ketones is 1. The number of fused-ring (bicyclic) bond motifs is 1. The Hall–Kier alpha value is -2.78. The number of aryl methyl sites for hydroxylation is 1. The summed E-state index contributed by atoms with van der Waals surface area (Å²) in [4.78, 5) is 17.8. The summed E-state index contributed by atoms with van der Waals surface area (Å²) in [5, 5.41) is 0. The lowest BCUT2D eigenvalue weighted by Gasteiger charge is -2.33. The van der Waals surface area contributed by atoms with Crippen LogP contribution in [0.5, 0.6) is 0 Å². The van der Waals surface area contributed by atoms with Crippen LogP contribution in [0.2, 0.25) is 0 Å². The summed E-state index contributed by atoms with van der Waals surface area (Å²) >= 11 is 0. The molecule has 1 aromatic carbocycles. The van der Waals surface area contributed by atoms with Crippen LogP contribution in [0, 0.1) is 17.0 Å². The Labute approximate surface area is 173 Å². The average molecular weight is 413 g/mol. The molecule has 0 unspecified atom stereocenters. The molecule has 3 aromatic rings. The van der Waals surface area contributed by atoms with Crippen LogP contribution >= 0.6 is 0 Å². The minimum atomic E-state index is -0.975. The van der Waals surface area contributed by atoms with Crippen LogP contribution in [-0.2, 0) is 15.7 Å². The summed E-state index contributed by atoms with van der Waals surface area (Å²) in [5.74, 6) is -2.49. The Bertz CT molecular complexity index is 1110. The highest BCUT2D eigenvalue weighted by atomic mass is 19.1. The minimum Gasteiger partial charge on any atom is -0.407 e. The van der Waals surface area contributed by atoms with Crippen LogP contribution in [0.15, 0.2) is 30.5 Å². The minimum absolute atomic E-state index is 0.0873. The third-order valence-corrected chi connectivity index (χ3v) is 5.15. The molecule has 3 heterocycles. The molecule has 9 heteroatoms. The number of halogens is 2. The van der Waals surface area contributed by atoms with Crippen molar-refractivity contribution in [2.75, 3.05) is 18.9 Å². The average Bonchev–Trinajstić information content (AvgIpc) is 3.10. The lowest BCUT2D eigenvalue weighted by Crippen LogP contribution is -2.48. The Balaban J connectivity index is 1.81. The molecule has 0 bridgehead atoms. The van der Waals surface area contributed by atoms with E-state index in [4.69, 9.17) is 15.0 Å². The van der Waals surface area contributed by atoms with Gasteiger partial charge in [0.15, 0.2) is 0 Å². The fourth-order valence-corrected chi connectivity index (χ4v) is 3.53. The maximum absolute atomic E-state index is 13.9. The zero-order valence-electron chi connectivity index (χ0n) is 17.0. The van der Waals surface area contributed by atoms with Crippen LogP contribution in [0.25, 0.3) is 5.65 Å². The van der Waals surface area contributed by atoms with Gasteiger partial charge in [0.1, 0.15) is 28.7 Å². The maximum atomic E-state index is 13.9. The molecule has 0 atom stereocenters. The van der Waals surface area contributed by atoms with Crippen molar-refractivity contribution in [1.82, 2.24) is 9.38 Å². The number of imidazole rings is 1. The second-order valence-corrected chi connectivity index (χ2v) is 8.22. The number of nitrogen functional groups attached to an aromatic ring is 1. The van der Waals surface area contributed by atoms with E-state index in [0.29, 0.717) is 36.4 Å². The van der Waals surface area contributed by atoms with Gasteiger partial charge in [-0.2, -0.15) is 0 Å². The first-order chi connectivity index (χ1) is 14.2. The molecule has 0 amide bonds. The quantitative estimate of drug-likeness (QED) is 0.404. The molecular weight excluding hydrogens is 391 g/mol. The normalized spacial score (nSPS) is 16.2. The van der Waals surface area contributed by atoms with Gasteiger partial charge in [-0.1, -0.05) is 26.8 Å². The molecular formula is C21H22BF2N3O3. The van der Waals surface area contributed by atoms with Gasteiger partial charge in [0.2, 0.25) is 5.78 Å². The molecule has 1 aliphatic rings. The number of carbonyl (C=O) groups excluding carboxylic acids is 1. The molecule has 156 valence electrons. The highest BCUT2D eigenvalue weighted by Gasteiger charge is 2.36. The van der Waals surface area contributed by atoms with Crippen molar-refractivity contribution in [3.63, 3.8) is 0 Å². The van der Waals surface area contributed by atoms with Crippen molar-refractivity contribution in [1.29, 1.82) is 0 Å². The summed E-state index contributed by atoms with van der Waals surface area (Å²) < 4.78 is 41.3. The van der Waals surface area contributed by atoms with Gasteiger partial charge in [0.25, 0.3) is 0 Å². The molecule has 4 rings (SSSR count). The summed E-state index contributed by atoms with van der Waals surface area (Å²) in [6.45, 7) is 7.01. The number of benzene rings is 1. The molecule has 30 heavy (non-hydrogen) atoms. The molecule has 0 aliphatic carbocycles. The topological polar surface area (TPSA) is 78.9 Å². The lowest BCUT2D eigenvalue weighted by atomic mass is 9.76. The summed E-state index contributed by atoms with van der Waals surface area (Å²) in [6, 6.07) is 5.48. The SMILES string of the molecule is CCc1nc2c(B3OCC(C)(C)CO3)cccn2c1C(=O)c1cc(F)c(N)c(F)c1. The van der Waals surface area contributed by atoms with Gasteiger partial charge in [-0.25, -0.2) is 13.8 Å². The van der Waals surface area contributed by atoms with Gasteiger partial charge in [0, 0.05) is 35.9 Å². The monoisotopic (exact) mass is 413 g/mol. The standard InChI is InChI=1S/C21H22BF2N3O3/c1-4-16-18(19(28)12-8-14(23)17(25)15(24)9-12)27-7-5-6-13(20(27)26-16)22-29-10-21(2,3)11-30-22/h5-9H,4,10-11,25H2,1-3H3. The van der Waals surface area contributed by atoms with Crippen LogP contribution in [0.1, 0.15) is 42.5 Å². The first-order valence-electron chi connectivity index (χ1n) is 9.74. The van der Waals surface area contributed by atoms with Gasteiger partial charge in [-0.05, 0) is 24.6 Å². The smallest absolute Gasteiger partial charge is 0.407 e. The first-order valence-corrected chi connectivity index (χ1v) is 9.74. The van der Waals surface area contributed by atoms with E-state index in [1.54, 1.807) is 16.7 Å². The van der Waals surface area contributed by atoms with E-state index in [0.717, 1.165) is 12.1 Å². The number of hydrogen-bond donors (Lipinski definition) is 1. The van der Waals surface area contributed by atoms with E-state index >= 15 is 0 Å². The fourth-order valence-electron chi connectivity index (χ4n) is 3.53. The number of anilines is 1. The highest BCUT2D eigenvalue weighted by Crippen LogP contribution is 2.24. The number of nitrogens with zero attached hydrogens (tertiary/aromatic N) is 2. The molecule has 1 fully saturated rings. The Morgan fingerprint density at radius 2 is 1.90 bits per heavy atom. The van der Waals surface area contributed by atoms with Crippen molar-refractivity contribution in [3.8, 4) is 0 Å². The summed E-state index contributed by atoms with van der Waals surface area (Å²) in [7, 11) is -0.608. The summed E-state index contributed by atoms with van der Waals surface area (Å²) in [5.41, 5.74) is 6.46. The number of hydrogen-bond acceptors (Lipinski definition) is 5. The number of nitrogens with two attached hydrogens (primary N) is 1. The van der Waals surface area contributed by atoms with Crippen LogP contribution in [0.3, 0.4) is 0 Å². The van der Waals surface area contributed by atoms with E-state index in [1.807, 2.05) is 13.0 Å². The third kappa shape index (κ3) is 3.48. The van der Waals surface area contributed by atoms with Crippen molar-refractivity contribution < 1.29 is 22.9 Å². The number of pyridine rings is 1. The molecule has 1 aliphatic heterocycles. The van der Waals surface area contributed by atoms with Crippen molar-refractivity contribution in [2.45, 2.75) is 27.2 Å². The molecule has 0 spiro atoms.